The van der Waals surface area contributed by atoms with E-state index in [4.69, 9.17) is 23.2 Å². The van der Waals surface area contributed by atoms with E-state index < -0.39 is 22.3 Å². The molecule has 0 N–H and O–H groups in total. The van der Waals surface area contributed by atoms with Crippen molar-refractivity contribution < 1.29 is 13.2 Å². The summed E-state index contributed by atoms with van der Waals surface area (Å²) >= 11 is 15.1. The van der Waals surface area contributed by atoms with Crippen LogP contribution in [-0.2, 0) is 0 Å². The second kappa shape index (κ2) is 5.73. The highest BCUT2D eigenvalue weighted by Gasteiger charge is 2.21. The zero-order valence-corrected chi connectivity index (χ0v) is 12.3. The first-order valence-corrected chi connectivity index (χ1v) is 6.81. The van der Waals surface area contributed by atoms with Crippen LogP contribution in [0.1, 0.15) is 16.0 Å². The monoisotopic (exact) mass is 368 g/mol. The van der Waals surface area contributed by atoms with Crippen LogP contribution in [0, 0.1) is 17.5 Å². The molecule has 19 heavy (non-hydrogen) atoms. The van der Waals surface area contributed by atoms with Gasteiger partial charge in [0, 0.05) is 11.6 Å². The van der Waals surface area contributed by atoms with Crippen molar-refractivity contribution in [3.63, 3.8) is 0 Å². The van der Waals surface area contributed by atoms with Gasteiger partial charge in [0.15, 0.2) is 11.6 Å². The van der Waals surface area contributed by atoms with Crippen molar-refractivity contribution >= 4 is 39.1 Å². The van der Waals surface area contributed by atoms with E-state index in [-0.39, 0.29) is 10.6 Å². The van der Waals surface area contributed by atoms with Crippen LogP contribution in [-0.4, -0.2) is 0 Å². The maximum absolute atomic E-state index is 13.7. The summed E-state index contributed by atoms with van der Waals surface area (Å²) in [5, 5.41) is 0.529. The van der Waals surface area contributed by atoms with Gasteiger partial charge in [-0.1, -0.05) is 51.3 Å². The van der Waals surface area contributed by atoms with Gasteiger partial charge in [0.05, 0.1) is 14.9 Å². The molecule has 0 radical (unpaired) electrons. The van der Waals surface area contributed by atoms with Gasteiger partial charge in [-0.25, -0.2) is 13.2 Å². The molecular weight excluding hydrogens is 364 g/mol. The Kier molecular flexibility index (Phi) is 4.43. The summed E-state index contributed by atoms with van der Waals surface area (Å²) in [6.07, 6.45) is 0. The van der Waals surface area contributed by atoms with Gasteiger partial charge >= 0.3 is 0 Å². The molecule has 0 bridgehead atoms. The van der Waals surface area contributed by atoms with Crippen LogP contribution < -0.4 is 0 Å². The zero-order chi connectivity index (χ0) is 14.2. The minimum absolute atomic E-state index is 0.0527. The molecule has 2 rings (SSSR count). The van der Waals surface area contributed by atoms with E-state index in [0.717, 1.165) is 6.07 Å². The Bertz CT molecular complexity index is 632. The van der Waals surface area contributed by atoms with Gasteiger partial charge in [-0.3, -0.25) is 0 Å². The van der Waals surface area contributed by atoms with E-state index >= 15 is 0 Å². The summed E-state index contributed by atoms with van der Waals surface area (Å²) in [5.74, 6) is -3.23. The van der Waals surface area contributed by atoms with E-state index in [9.17, 15) is 13.2 Å². The normalized spacial score (nSPS) is 12.5. The van der Waals surface area contributed by atoms with Gasteiger partial charge in [-0.15, -0.1) is 0 Å². The summed E-state index contributed by atoms with van der Waals surface area (Å²) in [4.78, 5) is -0.728. The fourth-order valence-electron chi connectivity index (χ4n) is 1.62. The fourth-order valence-corrected chi connectivity index (χ4v) is 2.90. The van der Waals surface area contributed by atoms with Gasteiger partial charge in [0.25, 0.3) is 0 Å². The third-order valence-electron chi connectivity index (χ3n) is 2.57. The molecular formula is C13H6BrCl2F3. The van der Waals surface area contributed by atoms with E-state index in [0.29, 0.717) is 16.7 Å². The smallest absolute Gasteiger partial charge is 0.161 e. The highest BCUT2D eigenvalue weighted by atomic mass is 79.9. The molecule has 0 amide bonds. The van der Waals surface area contributed by atoms with Gasteiger partial charge < -0.3 is 0 Å². The molecule has 1 unspecified atom stereocenters. The predicted octanol–water partition coefficient (Wildman–Crippen LogP) is 5.90. The Labute approximate surface area is 126 Å². The molecule has 0 aliphatic carbocycles. The molecule has 0 spiro atoms. The standard InChI is InChI=1S/C13H6BrCl2F3/c14-12(6-2-1-3-8(15)13(6)16)7-4-10(18)11(19)5-9(7)17/h1-5,12H. The molecule has 0 saturated heterocycles. The second-order valence-corrected chi connectivity index (χ2v) is 5.49. The first-order valence-electron chi connectivity index (χ1n) is 5.14. The Morgan fingerprint density at radius 3 is 2.21 bits per heavy atom. The Morgan fingerprint density at radius 1 is 0.895 bits per heavy atom. The van der Waals surface area contributed by atoms with Crippen molar-refractivity contribution in [3.8, 4) is 0 Å². The molecule has 0 aliphatic heterocycles. The van der Waals surface area contributed by atoms with Gasteiger partial charge in [0.2, 0.25) is 0 Å². The largest absolute Gasteiger partial charge is 0.207 e. The van der Waals surface area contributed by atoms with Crippen LogP contribution >= 0.6 is 39.1 Å². The van der Waals surface area contributed by atoms with E-state index in [1.165, 1.54) is 0 Å². The minimum Gasteiger partial charge on any atom is -0.207 e. The molecule has 2 aromatic carbocycles. The van der Waals surface area contributed by atoms with E-state index in [2.05, 4.69) is 15.9 Å². The number of rotatable bonds is 2. The molecule has 6 heteroatoms. The zero-order valence-electron chi connectivity index (χ0n) is 9.23. The van der Waals surface area contributed by atoms with Crippen molar-refractivity contribution in [2.45, 2.75) is 4.83 Å². The van der Waals surface area contributed by atoms with Crippen LogP contribution in [0.25, 0.3) is 0 Å². The maximum atomic E-state index is 13.7. The molecule has 0 aromatic heterocycles. The van der Waals surface area contributed by atoms with Crippen LogP contribution in [0.15, 0.2) is 30.3 Å². The molecule has 0 aliphatic rings. The van der Waals surface area contributed by atoms with E-state index in [1.807, 2.05) is 0 Å². The van der Waals surface area contributed by atoms with Crippen LogP contribution in [0.2, 0.25) is 10.0 Å². The summed E-state index contributed by atoms with van der Waals surface area (Å²) in [6.45, 7) is 0. The molecule has 0 fully saturated rings. The minimum atomic E-state index is -1.24. The first kappa shape index (κ1) is 14.7. The highest BCUT2D eigenvalue weighted by Crippen LogP contribution is 2.39. The molecule has 0 saturated carbocycles. The van der Waals surface area contributed by atoms with Crippen molar-refractivity contribution in [2.24, 2.45) is 0 Å². The highest BCUT2D eigenvalue weighted by molar-refractivity contribution is 9.09. The third-order valence-corrected chi connectivity index (χ3v) is 4.39. The SMILES string of the molecule is Fc1cc(F)c(C(Br)c2cccc(Cl)c2Cl)cc1F. The van der Waals surface area contributed by atoms with Crippen molar-refractivity contribution in [2.75, 3.05) is 0 Å². The molecule has 100 valence electrons. The number of hydrogen-bond acceptors (Lipinski definition) is 0. The summed E-state index contributed by atoms with van der Waals surface area (Å²) in [6, 6.07) is 6.12. The van der Waals surface area contributed by atoms with Crippen molar-refractivity contribution in [3.05, 3.63) is 69.0 Å². The number of benzene rings is 2. The molecule has 1 atom stereocenters. The second-order valence-electron chi connectivity index (χ2n) is 3.79. The average Bonchev–Trinajstić information content (AvgIpc) is 2.36. The molecule has 0 heterocycles. The Morgan fingerprint density at radius 2 is 1.53 bits per heavy atom. The molecule has 2 aromatic rings. The maximum Gasteiger partial charge on any atom is 0.161 e. The van der Waals surface area contributed by atoms with E-state index in [1.54, 1.807) is 18.2 Å². The molecule has 0 nitrogen and oxygen atoms in total. The number of halogens is 6. The fraction of sp³-hybridized carbons (Fsp3) is 0.0769. The number of alkyl halides is 1. The first-order chi connectivity index (χ1) is 8.91. The summed E-state index contributed by atoms with van der Waals surface area (Å²) < 4.78 is 39.8. The Balaban J connectivity index is 2.53. The third kappa shape index (κ3) is 2.91. The van der Waals surface area contributed by atoms with Gasteiger partial charge in [-0.05, 0) is 17.7 Å². The van der Waals surface area contributed by atoms with Crippen molar-refractivity contribution in [1.29, 1.82) is 0 Å². The topological polar surface area (TPSA) is 0 Å². The van der Waals surface area contributed by atoms with Crippen LogP contribution in [0.4, 0.5) is 13.2 Å². The van der Waals surface area contributed by atoms with Gasteiger partial charge in [0.1, 0.15) is 5.82 Å². The quantitative estimate of drug-likeness (QED) is 0.457. The summed E-state index contributed by atoms with van der Waals surface area (Å²) in [7, 11) is 0. The van der Waals surface area contributed by atoms with Crippen LogP contribution in [0.5, 0.6) is 0 Å². The average molecular weight is 370 g/mol. The Hall–Kier alpha value is -0.710. The predicted molar refractivity (Wildman–Crippen MR) is 73.5 cm³/mol. The van der Waals surface area contributed by atoms with Crippen LogP contribution in [0.3, 0.4) is 0 Å². The lowest BCUT2D eigenvalue weighted by molar-refractivity contribution is 0.491. The summed E-state index contributed by atoms with van der Waals surface area (Å²) in [5.41, 5.74) is 0.419. The lowest BCUT2D eigenvalue weighted by atomic mass is 10.0. The van der Waals surface area contributed by atoms with Crippen molar-refractivity contribution in [1.82, 2.24) is 0 Å². The van der Waals surface area contributed by atoms with Gasteiger partial charge in [-0.2, -0.15) is 0 Å². The lowest BCUT2D eigenvalue weighted by Crippen LogP contribution is -2.00. The number of hydrogen-bond donors (Lipinski definition) is 0. The lowest BCUT2D eigenvalue weighted by Gasteiger charge is -2.14.